The Kier molecular flexibility index (Phi) is 3.65. The molecule has 0 radical (unpaired) electrons. The molecule has 0 aliphatic heterocycles. The highest BCUT2D eigenvalue weighted by molar-refractivity contribution is 5.87. The molecule has 0 bridgehead atoms. The summed E-state index contributed by atoms with van der Waals surface area (Å²) in [5, 5.41) is 12.6. The average molecular weight is 213 g/mol. The summed E-state index contributed by atoms with van der Waals surface area (Å²) in [6.07, 6.45) is -1.83. The first kappa shape index (κ1) is 11.5. The van der Waals surface area contributed by atoms with Crippen LogP contribution in [0.25, 0.3) is 10.4 Å². The number of aliphatic hydroxyl groups excluding tert-OH is 1. The summed E-state index contributed by atoms with van der Waals surface area (Å²) in [7, 11) is 0. The highest BCUT2D eigenvalue weighted by Crippen LogP contribution is 2.22. The number of azide groups is 1. The number of hydrogen-bond donors (Lipinski definition) is 1. The largest absolute Gasteiger partial charge is 0.454 e. The molecule has 15 heavy (non-hydrogen) atoms. The SMILES string of the molecule is CC(=O)O[C@@H]1C(=O)C[C@H](O)C[C@H]1N=[N+]=[N-]. The molecule has 1 aliphatic carbocycles. The average Bonchev–Trinajstić information content (AvgIpc) is 2.11. The van der Waals surface area contributed by atoms with E-state index >= 15 is 0 Å². The molecule has 1 aliphatic rings. The Labute approximate surface area is 85.7 Å². The van der Waals surface area contributed by atoms with Gasteiger partial charge in [0.15, 0.2) is 11.9 Å². The number of ether oxygens (including phenoxy) is 1. The number of aliphatic hydroxyl groups is 1. The number of carbonyl (C=O) groups excluding carboxylic acids is 2. The highest BCUT2D eigenvalue weighted by Gasteiger charge is 2.37. The molecule has 0 unspecified atom stereocenters. The van der Waals surface area contributed by atoms with Gasteiger partial charge in [0.1, 0.15) is 0 Å². The van der Waals surface area contributed by atoms with Crippen molar-refractivity contribution < 1.29 is 19.4 Å². The third-order valence-electron chi connectivity index (χ3n) is 2.11. The zero-order valence-electron chi connectivity index (χ0n) is 8.16. The fourth-order valence-electron chi connectivity index (χ4n) is 1.55. The van der Waals surface area contributed by atoms with Crippen LogP contribution in [0.5, 0.6) is 0 Å². The van der Waals surface area contributed by atoms with Crippen LogP contribution in [0.3, 0.4) is 0 Å². The Hall–Kier alpha value is -1.59. The summed E-state index contributed by atoms with van der Waals surface area (Å²) in [5.41, 5.74) is 8.27. The quantitative estimate of drug-likeness (QED) is 0.308. The fraction of sp³-hybridized carbons (Fsp3) is 0.750. The molecule has 0 saturated heterocycles. The van der Waals surface area contributed by atoms with E-state index in [0.29, 0.717) is 0 Å². The van der Waals surface area contributed by atoms with Crippen molar-refractivity contribution in [1.82, 2.24) is 0 Å². The summed E-state index contributed by atoms with van der Waals surface area (Å²) < 4.78 is 4.75. The van der Waals surface area contributed by atoms with Crippen LogP contribution in [0.2, 0.25) is 0 Å². The lowest BCUT2D eigenvalue weighted by molar-refractivity contribution is -0.157. The molecule has 0 heterocycles. The Morgan fingerprint density at radius 1 is 1.73 bits per heavy atom. The number of nitrogens with zero attached hydrogens (tertiary/aromatic N) is 3. The van der Waals surface area contributed by atoms with E-state index < -0.39 is 30.0 Å². The van der Waals surface area contributed by atoms with Crippen LogP contribution in [-0.4, -0.2) is 35.1 Å². The van der Waals surface area contributed by atoms with Gasteiger partial charge in [-0.3, -0.25) is 9.59 Å². The molecule has 82 valence electrons. The molecule has 1 fully saturated rings. The summed E-state index contributed by atoms with van der Waals surface area (Å²) >= 11 is 0. The van der Waals surface area contributed by atoms with Crippen LogP contribution >= 0.6 is 0 Å². The molecule has 1 saturated carbocycles. The van der Waals surface area contributed by atoms with Crippen molar-refractivity contribution >= 4 is 11.8 Å². The van der Waals surface area contributed by atoms with Crippen molar-refractivity contribution in [2.24, 2.45) is 5.11 Å². The van der Waals surface area contributed by atoms with Gasteiger partial charge in [-0.2, -0.15) is 0 Å². The van der Waals surface area contributed by atoms with Gasteiger partial charge in [0.25, 0.3) is 0 Å². The number of ketones is 1. The van der Waals surface area contributed by atoms with Gasteiger partial charge in [0.2, 0.25) is 0 Å². The molecule has 7 nitrogen and oxygen atoms in total. The molecule has 0 spiro atoms. The second-order valence-electron chi connectivity index (χ2n) is 3.36. The van der Waals surface area contributed by atoms with Gasteiger partial charge in [-0.1, -0.05) is 5.11 Å². The van der Waals surface area contributed by atoms with E-state index in [1.807, 2.05) is 0 Å². The van der Waals surface area contributed by atoms with Crippen molar-refractivity contribution in [3.05, 3.63) is 10.4 Å². The molecule has 3 atom stereocenters. The Balaban J connectivity index is 2.81. The van der Waals surface area contributed by atoms with Crippen LogP contribution in [0.4, 0.5) is 0 Å². The van der Waals surface area contributed by atoms with Crippen LogP contribution in [0.1, 0.15) is 19.8 Å². The maximum atomic E-state index is 11.4. The summed E-state index contributed by atoms with van der Waals surface area (Å²) in [6.45, 7) is 1.17. The molecule has 1 rings (SSSR count). The maximum Gasteiger partial charge on any atom is 0.303 e. The van der Waals surface area contributed by atoms with Crippen molar-refractivity contribution in [3.63, 3.8) is 0 Å². The van der Waals surface area contributed by atoms with Gasteiger partial charge in [-0.25, -0.2) is 0 Å². The zero-order chi connectivity index (χ0) is 11.4. The molecule has 1 N–H and O–H groups in total. The van der Waals surface area contributed by atoms with Crippen LogP contribution in [0, 0.1) is 0 Å². The van der Waals surface area contributed by atoms with Gasteiger partial charge in [-0.15, -0.1) is 0 Å². The number of carbonyl (C=O) groups is 2. The molecule has 7 heteroatoms. The van der Waals surface area contributed by atoms with Gasteiger partial charge in [0, 0.05) is 18.3 Å². The Morgan fingerprint density at radius 2 is 2.40 bits per heavy atom. The van der Waals surface area contributed by atoms with Crippen molar-refractivity contribution in [2.45, 2.75) is 38.0 Å². The van der Waals surface area contributed by atoms with Crippen molar-refractivity contribution in [1.29, 1.82) is 0 Å². The topological polar surface area (TPSA) is 112 Å². The Morgan fingerprint density at radius 3 is 2.93 bits per heavy atom. The molecular weight excluding hydrogens is 202 g/mol. The predicted molar refractivity (Wildman–Crippen MR) is 48.7 cm³/mol. The van der Waals surface area contributed by atoms with Gasteiger partial charge in [-0.05, 0) is 12.0 Å². The van der Waals surface area contributed by atoms with Gasteiger partial charge in [0.05, 0.1) is 12.1 Å². The second kappa shape index (κ2) is 4.77. The smallest absolute Gasteiger partial charge is 0.303 e. The molecule has 0 amide bonds. The predicted octanol–water partition coefficient (Wildman–Crippen LogP) is 0.321. The van der Waals surface area contributed by atoms with E-state index in [4.69, 9.17) is 10.3 Å². The number of rotatable bonds is 2. The van der Waals surface area contributed by atoms with Crippen LogP contribution < -0.4 is 0 Å². The lowest BCUT2D eigenvalue weighted by Gasteiger charge is -2.29. The normalized spacial score (nSPS) is 30.5. The van der Waals surface area contributed by atoms with E-state index in [-0.39, 0.29) is 12.8 Å². The molecule has 0 aromatic rings. The second-order valence-corrected chi connectivity index (χ2v) is 3.36. The third kappa shape index (κ3) is 2.93. The minimum absolute atomic E-state index is 0.0740. The lowest BCUT2D eigenvalue weighted by atomic mass is 9.89. The number of hydrogen-bond acceptors (Lipinski definition) is 5. The van der Waals surface area contributed by atoms with E-state index in [0.717, 1.165) is 0 Å². The minimum atomic E-state index is -1.05. The molecular formula is C8H11N3O4. The summed E-state index contributed by atoms with van der Waals surface area (Å²) in [6, 6.07) is -0.810. The lowest BCUT2D eigenvalue weighted by Crippen LogP contribution is -2.44. The van der Waals surface area contributed by atoms with E-state index in [2.05, 4.69) is 10.0 Å². The van der Waals surface area contributed by atoms with Crippen molar-refractivity contribution in [3.8, 4) is 0 Å². The van der Waals surface area contributed by atoms with E-state index in [9.17, 15) is 14.7 Å². The van der Waals surface area contributed by atoms with E-state index in [1.165, 1.54) is 6.92 Å². The monoisotopic (exact) mass is 213 g/mol. The van der Waals surface area contributed by atoms with E-state index in [1.54, 1.807) is 0 Å². The maximum absolute atomic E-state index is 11.4. The third-order valence-corrected chi connectivity index (χ3v) is 2.11. The Bertz CT molecular complexity index is 324. The first-order valence-corrected chi connectivity index (χ1v) is 4.46. The summed E-state index contributed by atoms with van der Waals surface area (Å²) in [4.78, 5) is 24.7. The molecule has 0 aromatic carbocycles. The van der Waals surface area contributed by atoms with Crippen LogP contribution in [0.15, 0.2) is 5.11 Å². The number of Topliss-reactive ketones (excluding diaryl/α,β-unsaturated/α-hetero) is 1. The van der Waals surface area contributed by atoms with Crippen LogP contribution in [-0.2, 0) is 14.3 Å². The standard InChI is InChI=1S/C8H11N3O4/c1-4(12)15-8-6(10-11-9)2-5(13)3-7(8)14/h5-6,8,13H,2-3H2,1H3/t5-,6-,8+/m1/s1. The molecule has 0 aromatic heterocycles. The van der Waals surface area contributed by atoms with Crippen molar-refractivity contribution in [2.75, 3.05) is 0 Å². The highest BCUT2D eigenvalue weighted by atomic mass is 16.5. The number of esters is 1. The van der Waals surface area contributed by atoms with Gasteiger partial charge >= 0.3 is 5.97 Å². The zero-order valence-corrected chi connectivity index (χ0v) is 8.16. The summed E-state index contributed by atoms with van der Waals surface area (Å²) in [5.74, 6) is -1.02. The first-order valence-electron chi connectivity index (χ1n) is 4.46. The first-order chi connectivity index (χ1) is 7.04. The minimum Gasteiger partial charge on any atom is -0.454 e. The van der Waals surface area contributed by atoms with Gasteiger partial charge < -0.3 is 9.84 Å². The fourth-order valence-corrected chi connectivity index (χ4v) is 1.55.